The predicted molar refractivity (Wildman–Crippen MR) is 79.7 cm³/mol. The van der Waals surface area contributed by atoms with Crippen LogP contribution in [0.2, 0.25) is 0 Å². The van der Waals surface area contributed by atoms with Gasteiger partial charge in [0.25, 0.3) is 0 Å². The minimum absolute atomic E-state index is 0.157. The smallest absolute Gasteiger partial charge is 0.121 e. The molecule has 0 radical (unpaired) electrons. The Balaban J connectivity index is 2.56. The lowest BCUT2D eigenvalue weighted by Gasteiger charge is -2.17. The van der Waals surface area contributed by atoms with Gasteiger partial charge in [-0.1, -0.05) is 6.07 Å². The summed E-state index contributed by atoms with van der Waals surface area (Å²) in [5.74, 6) is 0.392. The number of nitrogens with one attached hydrogen (secondary N) is 1. The van der Waals surface area contributed by atoms with Crippen molar-refractivity contribution in [2.75, 3.05) is 18.9 Å². The largest absolute Gasteiger partial charge is 0.497 e. The first-order valence-corrected chi connectivity index (χ1v) is 5.70. The molecule has 1 unspecified atom stereocenters. The summed E-state index contributed by atoms with van der Waals surface area (Å²) in [5, 5.41) is 3.17. The summed E-state index contributed by atoms with van der Waals surface area (Å²) < 4.78 is 67.4. The molecule has 1 atom stereocenters. The molecule has 1 aromatic carbocycles. The van der Waals surface area contributed by atoms with E-state index in [1.807, 2.05) is 0 Å². The molecular formula is C15H21N3O. The number of nitrogens with two attached hydrogens (primary N) is 1. The summed E-state index contributed by atoms with van der Waals surface area (Å²) in [7, 11) is 1.43. The highest BCUT2D eigenvalue weighted by molar-refractivity contribution is 5.91. The van der Waals surface area contributed by atoms with Crippen LogP contribution in [0.25, 0.3) is 10.9 Å². The van der Waals surface area contributed by atoms with Gasteiger partial charge in [-0.3, -0.25) is 4.98 Å². The Kier molecular flexibility index (Phi) is 2.21. The molecule has 3 N–H and O–H groups in total. The van der Waals surface area contributed by atoms with E-state index in [2.05, 4.69) is 10.3 Å². The van der Waals surface area contributed by atoms with E-state index in [0.29, 0.717) is 16.7 Å². The average molecular weight is 267 g/mol. The van der Waals surface area contributed by atoms with E-state index in [-0.39, 0.29) is 5.69 Å². The first kappa shape index (κ1) is 6.57. The van der Waals surface area contributed by atoms with Gasteiger partial charge in [-0.15, -0.1) is 0 Å². The molecule has 0 bridgehead atoms. The molecule has 2 rings (SSSR count). The van der Waals surface area contributed by atoms with Crippen molar-refractivity contribution in [3.05, 3.63) is 30.5 Å². The maximum Gasteiger partial charge on any atom is 0.121 e. The van der Waals surface area contributed by atoms with Crippen LogP contribution in [0.1, 0.15) is 30.6 Å². The third-order valence-electron chi connectivity index (χ3n) is 2.57. The van der Waals surface area contributed by atoms with Crippen molar-refractivity contribution < 1.29 is 15.7 Å². The van der Waals surface area contributed by atoms with E-state index in [9.17, 15) is 0 Å². The van der Waals surface area contributed by atoms with Crippen LogP contribution in [-0.4, -0.2) is 24.6 Å². The highest BCUT2D eigenvalue weighted by atomic mass is 16.5. The molecule has 1 heterocycles. The molecule has 0 fully saturated rings. The Morgan fingerprint density at radius 1 is 1.63 bits per heavy atom. The Morgan fingerprint density at radius 3 is 3.26 bits per heavy atom. The molecule has 4 nitrogen and oxygen atoms in total. The standard InChI is InChI=1S/C15H21N3O/c1-11(5-3-7-16)18-14-10-13(19-2)9-12-6-4-8-17-15(12)14/h4,6,8-11,18H,3,5,7,16H2,1-2H3/i1D3,3D2,7D2,11D. The molecule has 0 saturated heterocycles. The zero-order valence-corrected chi connectivity index (χ0v) is 10.5. The highest BCUT2D eigenvalue weighted by Gasteiger charge is 2.08. The SMILES string of the molecule is [2H]C([2H])([2H])C([2H])(CC([2H])([2H])C([2H])([2H])N)Nc1cc(OC)cc2cccnc12. The van der Waals surface area contributed by atoms with Gasteiger partial charge in [0.05, 0.1) is 19.7 Å². The van der Waals surface area contributed by atoms with Crippen molar-refractivity contribution in [3.63, 3.8) is 0 Å². The highest BCUT2D eigenvalue weighted by Crippen LogP contribution is 2.28. The fourth-order valence-corrected chi connectivity index (χ4v) is 1.72. The fourth-order valence-electron chi connectivity index (χ4n) is 1.72. The maximum absolute atomic E-state index is 8.44. The van der Waals surface area contributed by atoms with Crippen molar-refractivity contribution in [3.8, 4) is 5.75 Å². The molecule has 0 aliphatic heterocycles. The van der Waals surface area contributed by atoms with Crippen molar-refractivity contribution in [1.29, 1.82) is 0 Å². The number of pyridine rings is 1. The van der Waals surface area contributed by atoms with Crippen LogP contribution in [0.15, 0.2) is 30.5 Å². The van der Waals surface area contributed by atoms with E-state index in [4.69, 9.17) is 21.4 Å². The van der Waals surface area contributed by atoms with Gasteiger partial charge >= 0.3 is 0 Å². The quantitative estimate of drug-likeness (QED) is 0.845. The van der Waals surface area contributed by atoms with E-state index in [1.165, 1.54) is 19.4 Å². The summed E-state index contributed by atoms with van der Waals surface area (Å²) in [5.41, 5.74) is 5.75. The molecule has 0 saturated carbocycles. The van der Waals surface area contributed by atoms with Gasteiger partial charge in [-0.2, -0.15) is 0 Å². The lowest BCUT2D eigenvalue weighted by Crippen LogP contribution is -2.17. The van der Waals surface area contributed by atoms with E-state index < -0.39 is 32.2 Å². The minimum Gasteiger partial charge on any atom is -0.497 e. The van der Waals surface area contributed by atoms with E-state index in [1.54, 1.807) is 18.2 Å². The number of methoxy groups -OCH3 is 1. The van der Waals surface area contributed by atoms with Crippen molar-refractivity contribution >= 4 is 16.6 Å². The minimum atomic E-state index is -2.99. The monoisotopic (exact) mass is 267 g/mol. The first-order chi connectivity index (χ1) is 12.2. The van der Waals surface area contributed by atoms with Crippen molar-refractivity contribution in [1.82, 2.24) is 4.98 Å². The van der Waals surface area contributed by atoms with Crippen molar-refractivity contribution in [2.24, 2.45) is 5.73 Å². The molecule has 19 heavy (non-hydrogen) atoms. The Labute approximate surface area is 125 Å². The molecular weight excluding hydrogens is 238 g/mol. The summed E-state index contributed by atoms with van der Waals surface area (Å²) in [4.78, 5) is 4.19. The molecule has 0 aliphatic rings. The van der Waals surface area contributed by atoms with Gasteiger partial charge in [-0.25, -0.2) is 0 Å². The summed E-state index contributed by atoms with van der Waals surface area (Å²) in [6, 6.07) is 3.99. The Morgan fingerprint density at radius 2 is 2.53 bits per heavy atom. The molecule has 0 spiro atoms. The molecule has 2 aromatic rings. The van der Waals surface area contributed by atoms with Gasteiger partial charge < -0.3 is 15.8 Å². The number of fused-ring (bicyclic) bond motifs is 1. The number of aromatic nitrogens is 1. The topological polar surface area (TPSA) is 60.2 Å². The van der Waals surface area contributed by atoms with Crippen LogP contribution < -0.4 is 15.8 Å². The molecule has 4 heteroatoms. The second kappa shape index (κ2) is 6.38. The molecule has 1 aromatic heterocycles. The van der Waals surface area contributed by atoms with Crippen LogP contribution in [0.4, 0.5) is 5.69 Å². The lowest BCUT2D eigenvalue weighted by atomic mass is 10.1. The Hall–Kier alpha value is -1.81. The van der Waals surface area contributed by atoms with Gasteiger partial charge in [0.2, 0.25) is 0 Å². The van der Waals surface area contributed by atoms with Crippen LogP contribution in [0, 0.1) is 0 Å². The number of ether oxygens (including phenoxy) is 1. The number of hydrogen-bond donors (Lipinski definition) is 2. The number of benzene rings is 1. The van der Waals surface area contributed by atoms with Gasteiger partial charge in [0.15, 0.2) is 0 Å². The second-order valence-electron chi connectivity index (χ2n) is 3.85. The number of nitrogens with zero attached hydrogens (tertiary/aromatic N) is 1. The third kappa shape index (κ3) is 3.35. The van der Waals surface area contributed by atoms with E-state index >= 15 is 0 Å². The second-order valence-corrected chi connectivity index (χ2v) is 3.85. The lowest BCUT2D eigenvalue weighted by molar-refractivity contribution is 0.415. The van der Waals surface area contributed by atoms with Gasteiger partial charge in [-0.05, 0) is 38.3 Å². The maximum atomic E-state index is 8.44. The van der Waals surface area contributed by atoms with E-state index in [0.717, 1.165) is 0 Å². The van der Waals surface area contributed by atoms with Crippen LogP contribution in [0.3, 0.4) is 0 Å². The van der Waals surface area contributed by atoms with Gasteiger partial charge in [0, 0.05) is 33.3 Å². The zero-order chi connectivity index (χ0) is 20.7. The normalized spacial score (nSPS) is 22.4. The number of rotatable bonds is 6. The number of hydrogen-bond acceptors (Lipinski definition) is 4. The van der Waals surface area contributed by atoms with Crippen LogP contribution in [0.5, 0.6) is 5.75 Å². The van der Waals surface area contributed by atoms with Crippen LogP contribution in [-0.2, 0) is 0 Å². The summed E-state index contributed by atoms with van der Waals surface area (Å²) in [6.45, 7) is -5.82. The predicted octanol–water partition coefficient (Wildman–Crippen LogP) is 2.78. The molecule has 102 valence electrons. The molecule has 0 amide bonds. The number of anilines is 1. The summed E-state index contributed by atoms with van der Waals surface area (Å²) in [6.07, 6.45) is -2.30. The van der Waals surface area contributed by atoms with Crippen LogP contribution >= 0.6 is 0 Å². The fraction of sp³-hybridized carbons (Fsp3) is 0.400. The van der Waals surface area contributed by atoms with Gasteiger partial charge in [0.1, 0.15) is 5.75 Å². The average Bonchev–Trinajstić information content (AvgIpc) is 2.52. The third-order valence-corrected chi connectivity index (χ3v) is 2.57. The summed E-state index contributed by atoms with van der Waals surface area (Å²) >= 11 is 0. The first-order valence-electron chi connectivity index (χ1n) is 9.70. The Bertz CT molecular complexity index is 821. The van der Waals surface area contributed by atoms with Crippen molar-refractivity contribution in [2.45, 2.75) is 25.7 Å². The zero-order valence-electron chi connectivity index (χ0n) is 18.5. The molecule has 0 aliphatic carbocycles.